The highest BCUT2D eigenvalue weighted by atomic mass is 32.1. The van der Waals surface area contributed by atoms with Crippen LogP contribution in [0.4, 0.5) is 10.5 Å². The number of hydrogen-bond donors (Lipinski definition) is 1. The summed E-state index contributed by atoms with van der Waals surface area (Å²) in [6, 6.07) is 7.07. The summed E-state index contributed by atoms with van der Waals surface area (Å²) in [6.07, 6.45) is 5.30. The minimum Gasteiger partial charge on any atom is -0.410 e. The molecule has 0 atom stereocenters. The van der Waals surface area contributed by atoms with Gasteiger partial charge in [0.1, 0.15) is 5.75 Å². The van der Waals surface area contributed by atoms with Crippen molar-refractivity contribution in [2.45, 2.75) is 38.1 Å². The van der Waals surface area contributed by atoms with Gasteiger partial charge in [0, 0.05) is 6.04 Å². The molecule has 1 amide bonds. The summed E-state index contributed by atoms with van der Waals surface area (Å²) in [4.78, 5) is 15.5. The van der Waals surface area contributed by atoms with Gasteiger partial charge in [0.05, 0.1) is 10.8 Å². The summed E-state index contributed by atoms with van der Waals surface area (Å²) in [5.41, 5.74) is 0.690. The Hall–Kier alpha value is -1.71. The van der Waals surface area contributed by atoms with Gasteiger partial charge in [0.2, 0.25) is 0 Å². The van der Waals surface area contributed by atoms with Crippen molar-refractivity contribution in [3.63, 3.8) is 0 Å². The smallest absolute Gasteiger partial charge is 0.410 e. The highest BCUT2D eigenvalue weighted by Crippen LogP contribution is 2.19. The average molecular weight is 276 g/mol. The third-order valence-electron chi connectivity index (χ3n) is 3.15. The maximum atomic E-state index is 11.7. The fraction of sp³-hybridized carbons (Fsp3) is 0.429. The lowest BCUT2D eigenvalue weighted by atomic mass is 9.96. The summed E-state index contributed by atoms with van der Waals surface area (Å²) in [7, 11) is 0. The molecular weight excluding hydrogens is 260 g/mol. The molecule has 0 aliphatic heterocycles. The van der Waals surface area contributed by atoms with E-state index < -0.39 is 6.09 Å². The zero-order chi connectivity index (χ0) is 13.5. The molecule has 0 bridgehead atoms. The Bertz CT molecular complexity index is 475. The van der Waals surface area contributed by atoms with Crippen LogP contribution in [0.2, 0.25) is 0 Å². The van der Waals surface area contributed by atoms with Crippen molar-refractivity contribution in [1.82, 2.24) is 5.32 Å². The number of ether oxygens (including phenoxy) is 1. The third kappa shape index (κ3) is 4.47. The number of amides is 1. The normalized spacial score (nSPS) is 15.4. The van der Waals surface area contributed by atoms with E-state index in [2.05, 4.69) is 27.7 Å². The van der Waals surface area contributed by atoms with Gasteiger partial charge in [-0.15, -0.1) is 0 Å². The number of carbonyl (C=O) groups is 1. The predicted molar refractivity (Wildman–Crippen MR) is 77.2 cm³/mol. The molecule has 0 unspecified atom stereocenters. The summed E-state index contributed by atoms with van der Waals surface area (Å²) >= 11 is 4.52. The lowest BCUT2D eigenvalue weighted by Crippen LogP contribution is -2.37. The monoisotopic (exact) mass is 276 g/mol. The van der Waals surface area contributed by atoms with E-state index in [-0.39, 0.29) is 6.04 Å². The maximum absolute atomic E-state index is 11.7. The highest BCUT2D eigenvalue weighted by Gasteiger charge is 2.16. The van der Waals surface area contributed by atoms with Crippen molar-refractivity contribution in [2.75, 3.05) is 0 Å². The second-order valence-electron chi connectivity index (χ2n) is 4.57. The average Bonchev–Trinajstić information content (AvgIpc) is 2.42. The number of rotatable bonds is 3. The Labute approximate surface area is 117 Å². The van der Waals surface area contributed by atoms with Crippen molar-refractivity contribution in [3.8, 4) is 5.75 Å². The molecule has 1 aromatic carbocycles. The number of nitrogens with one attached hydrogen (secondary N) is 1. The molecule has 0 spiro atoms. The molecule has 0 aromatic heterocycles. The number of carbonyl (C=O) groups excluding carboxylic acids is 1. The van der Waals surface area contributed by atoms with Gasteiger partial charge >= 0.3 is 6.09 Å². The number of thiocarbonyl (C=S) groups is 1. The quantitative estimate of drug-likeness (QED) is 0.674. The first-order valence-electron chi connectivity index (χ1n) is 6.44. The predicted octanol–water partition coefficient (Wildman–Crippen LogP) is 3.84. The number of aliphatic imine (C=N–C) groups is 1. The Kier molecular flexibility index (Phi) is 5.07. The Balaban J connectivity index is 1.85. The fourth-order valence-electron chi connectivity index (χ4n) is 2.19. The van der Waals surface area contributed by atoms with Gasteiger partial charge in [-0.25, -0.2) is 4.79 Å². The SMILES string of the molecule is O=C(NC1CCCCC1)Oc1ccc(N=C=S)cc1. The second kappa shape index (κ2) is 7.02. The first-order valence-corrected chi connectivity index (χ1v) is 6.85. The van der Waals surface area contributed by atoms with Crippen molar-refractivity contribution in [3.05, 3.63) is 24.3 Å². The van der Waals surface area contributed by atoms with Gasteiger partial charge in [-0.1, -0.05) is 19.3 Å². The lowest BCUT2D eigenvalue weighted by Gasteiger charge is -2.22. The number of hydrogen-bond acceptors (Lipinski definition) is 4. The largest absolute Gasteiger partial charge is 0.412 e. The van der Waals surface area contributed by atoms with Crippen molar-refractivity contribution in [1.29, 1.82) is 0 Å². The van der Waals surface area contributed by atoms with Crippen LogP contribution < -0.4 is 10.1 Å². The van der Waals surface area contributed by atoms with Crippen molar-refractivity contribution >= 4 is 29.2 Å². The first kappa shape index (κ1) is 13.7. The lowest BCUT2D eigenvalue weighted by molar-refractivity contribution is 0.192. The van der Waals surface area contributed by atoms with Crippen LogP contribution in [0.1, 0.15) is 32.1 Å². The zero-order valence-corrected chi connectivity index (χ0v) is 11.4. The number of isothiocyanates is 1. The molecular formula is C14H16N2O2S. The van der Waals surface area contributed by atoms with E-state index in [0.29, 0.717) is 11.4 Å². The van der Waals surface area contributed by atoms with E-state index in [0.717, 1.165) is 12.8 Å². The molecule has 1 aliphatic rings. The summed E-state index contributed by atoms with van der Waals surface area (Å²) < 4.78 is 5.21. The molecule has 19 heavy (non-hydrogen) atoms. The fourth-order valence-corrected chi connectivity index (χ4v) is 2.30. The Morgan fingerprint density at radius 2 is 1.95 bits per heavy atom. The van der Waals surface area contributed by atoms with Gasteiger partial charge in [-0.2, -0.15) is 4.99 Å². The third-order valence-corrected chi connectivity index (χ3v) is 3.24. The molecule has 0 heterocycles. The van der Waals surface area contributed by atoms with E-state index in [1.807, 2.05) is 0 Å². The van der Waals surface area contributed by atoms with Gasteiger partial charge in [-0.05, 0) is 49.3 Å². The maximum Gasteiger partial charge on any atom is 0.412 e. The molecule has 1 N–H and O–H groups in total. The van der Waals surface area contributed by atoms with Crippen LogP contribution in [-0.2, 0) is 0 Å². The van der Waals surface area contributed by atoms with Crippen LogP contribution in [-0.4, -0.2) is 17.3 Å². The minimum atomic E-state index is -0.391. The van der Waals surface area contributed by atoms with E-state index in [9.17, 15) is 4.79 Å². The van der Waals surface area contributed by atoms with Crippen LogP contribution in [0.15, 0.2) is 29.3 Å². The molecule has 2 rings (SSSR count). The molecule has 0 saturated heterocycles. The van der Waals surface area contributed by atoms with E-state index >= 15 is 0 Å². The molecule has 0 radical (unpaired) electrons. The van der Waals surface area contributed by atoms with E-state index in [1.54, 1.807) is 24.3 Å². The van der Waals surface area contributed by atoms with E-state index in [4.69, 9.17) is 4.74 Å². The molecule has 4 nitrogen and oxygen atoms in total. The van der Waals surface area contributed by atoms with E-state index in [1.165, 1.54) is 19.3 Å². The molecule has 1 aliphatic carbocycles. The van der Waals surface area contributed by atoms with Gasteiger partial charge < -0.3 is 10.1 Å². The van der Waals surface area contributed by atoms with Crippen LogP contribution >= 0.6 is 12.2 Å². The first-order chi connectivity index (χ1) is 9.28. The minimum absolute atomic E-state index is 0.250. The van der Waals surface area contributed by atoms with Crippen LogP contribution in [0.3, 0.4) is 0 Å². The van der Waals surface area contributed by atoms with Crippen LogP contribution in [0.5, 0.6) is 5.75 Å². The van der Waals surface area contributed by atoms with Crippen LogP contribution in [0.25, 0.3) is 0 Å². The number of nitrogens with zero attached hydrogens (tertiary/aromatic N) is 1. The van der Waals surface area contributed by atoms with Gasteiger partial charge in [-0.3, -0.25) is 0 Å². The highest BCUT2D eigenvalue weighted by molar-refractivity contribution is 7.78. The Morgan fingerprint density at radius 1 is 1.26 bits per heavy atom. The Morgan fingerprint density at radius 3 is 2.58 bits per heavy atom. The molecule has 100 valence electrons. The van der Waals surface area contributed by atoms with Crippen molar-refractivity contribution in [2.24, 2.45) is 4.99 Å². The van der Waals surface area contributed by atoms with Gasteiger partial charge in [0.25, 0.3) is 0 Å². The standard InChI is InChI=1S/C14H16N2O2S/c17-14(16-12-4-2-1-3-5-12)18-13-8-6-11(7-9-13)15-10-19/h6-9,12H,1-5H2,(H,16,17). The number of benzene rings is 1. The summed E-state index contributed by atoms with van der Waals surface area (Å²) in [5, 5.41) is 5.18. The topological polar surface area (TPSA) is 50.7 Å². The molecule has 1 fully saturated rings. The zero-order valence-electron chi connectivity index (χ0n) is 10.6. The second-order valence-corrected chi connectivity index (χ2v) is 4.75. The molecule has 5 heteroatoms. The summed E-state index contributed by atoms with van der Waals surface area (Å²) in [5.74, 6) is 0.497. The molecule has 1 saturated carbocycles. The van der Waals surface area contributed by atoms with Gasteiger partial charge in [0.15, 0.2) is 0 Å². The van der Waals surface area contributed by atoms with Crippen molar-refractivity contribution < 1.29 is 9.53 Å². The molecule has 1 aromatic rings. The summed E-state index contributed by atoms with van der Waals surface area (Å²) in [6.45, 7) is 0. The van der Waals surface area contributed by atoms with Crippen LogP contribution in [0, 0.1) is 0 Å².